The van der Waals surface area contributed by atoms with Crippen molar-refractivity contribution in [3.05, 3.63) is 17.2 Å². The Kier molecular flexibility index (Phi) is 3.46. The van der Waals surface area contributed by atoms with Crippen LogP contribution in [0, 0.1) is 12.3 Å². The molecule has 1 aromatic heterocycles. The zero-order valence-electron chi connectivity index (χ0n) is 8.79. The van der Waals surface area contributed by atoms with Gasteiger partial charge in [-0.2, -0.15) is 4.98 Å². The molecule has 6 nitrogen and oxygen atoms in total. The minimum Gasteiger partial charge on any atom is -0.481 e. The molecule has 1 aromatic rings. The zero-order valence-corrected chi connectivity index (χ0v) is 8.79. The van der Waals surface area contributed by atoms with Gasteiger partial charge in [0.2, 0.25) is 11.8 Å². The normalized spacial score (nSPS) is 9.60. The van der Waals surface area contributed by atoms with E-state index in [0.29, 0.717) is 11.4 Å². The lowest BCUT2D eigenvalue weighted by Crippen LogP contribution is -2.21. The Morgan fingerprint density at radius 2 is 2.13 bits per heavy atom. The molecule has 0 aliphatic carbocycles. The predicted octanol–water partition coefficient (Wildman–Crippen LogP) is 0.711. The average Bonchev–Trinajstić information content (AvgIpc) is 2.26. The smallest absolute Gasteiger partial charge is 0.227 e. The lowest BCUT2D eigenvalue weighted by atomic mass is 10.1. The highest BCUT2D eigenvalue weighted by atomic mass is 16.5. The molecular weight excluding hydrogens is 198 g/mol. The van der Waals surface area contributed by atoms with Crippen LogP contribution in [0.4, 0.5) is 0 Å². The second-order valence-electron chi connectivity index (χ2n) is 2.85. The molecule has 0 aliphatic heterocycles. The highest BCUT2D eigenvalue weighted by molar-refractivity contribution is 5.99. The van der Waals surface area contributed by atoms with Crippen LogP contribution in [0.3, 0.4) is 0 Å². The van der Waals surface area contributed by atoms with E-state index in [0.717, 1.165) is 5.56 Å². The van der Waals surface area contributed by atoms with Gasteiger partial charge in [0.15, 0.2) is 5.84 Å². The maximum absolute atomic E-state index is 8.67. The van der Waals surface area contributed by atoms with E-state index >= 15 is 0 Å². The summed E-state index contributed by atoms with van der Waals surface area (Å²) in [5, 5.41) is 16.1. The van der Waals surface area contributed by atoms with Gasteiger partial charge in [0.05, 0.1) is 19.8 Å². The molecule has 82 valence electrons. The van der Waals surface area contributed by atoms with Gasteiger partial charge in [-0.15, -0.1) is 0 Å². The molecule has 0 saturated carbocycles. The Morgan fingerprint density at radius 3 is 2.60 bits per heavy atom. The first-order valence-corrected chi connectivity index (χ1v) is 4.22. The number of methoxy groups -OCH3 is 2. The largest absolute Gasteiger partial charge is 0.481 e. The standard InChI is InChI=1S/C9H13N3O3/c1-5-4-6(14-2)11-9(15-3)7(5)8(10)12-13/h4,13H,1-3H3,(H2,10,12). The molecule has 0 unspecified atom stereocenters. The number of ether oxygens (including phenoxy) is 2. The summed E-state index contributed by atoms with van der Waals surface area (Å²) < 4.78 is 9.97. The van der Waals surface area contributed by atoms with Crippen molar-refractivity contribution >= 4 is 5.84 Å². The minimum absolute atomic E-state index is 0.167. The maximum atomic E-state index is 8.67. The van der Waals surface area contributed by atoms with Crippen LogP contribution in [0.15, 0.2) is 6.07 Å². The summed E-state index contributed by atoms with van der Waals surface area (Å²) in [6, 6.07) is 1.66. The first kappa shape index (κ1) is 11.3. The third kappa shape index (κ3) is 2.16. The molecule has 0 atom stereocenters. The Bertz CT molecular complexity index is 379. The van der Waals surface area contributed by atoms with Crippen LogP contribution < -0.4 is 15.0 Å². The topological polar surface area (TPSA) is 87.5 Å². The average molecular weight is 211 g/mol. The molecule has 0 bridgehead atoms. The van der Waals surface area contributed by atoms with Gasteiger partial charge >= 0.3 is 0 Å². The number of hydrogen-bond acceptors (Lipinski definition) is 5. The minimum atomic E-state index is -0.167. The van der Waals surface area contributed by atoms with Gasteiger partial charge in [0.1, 0.15) is 0 Å². The summed E-state index contributed by atoms with van der Waals surface area (Å²) in [5.74, 6) is 0.469. The van der Waals surface area contributed by atoms with Crippen molar-refractivity contribution in [2.45, 2.75) is 6.92 Å². The van der Waals surface area contributed by atoms with E-state index in [4.69, 9.17) is 20.1 Å². The van der Waals surface area contributed by atoms with Crippen molar-refractivity contribution in [3.63, 3.8) is 0 Å². The fraction of sp³-hybridized carbons (Fsp3) is 0.333. The highest BCUT2D eigenvalue weighted by Gasteiger charge is 2.15. The number of rotatable bonds is 3. The quantitative estimate of drug-likeness (QED) is 0.389. The number of aromatic nitrogens is 1. The Labute approximate surface area is 87.3 Å². The molecule has 0 aromatic carbocycles. The van der Waals surface area contributed by atoms with Crippen molar-refractivity contribution < 1.29 is 14.7 Å². The number of hydrogen-bond donors (Lipinski definition) is 3. The molecule has 1 rings (SSSR count). The monoisotopic (exact) mass is 211 g/mol. The van der Waals surface area contributed by atoms with Crippen LogP contribution in [0.5, 0.6) is 11.8 Å². The van der Waals surface area contributed by atoms with Gasteiger partial charge in [-0.25, -0.2) is 0 Å². The Hall–Kier alpha value is -1.82. The number of nitrogens with zero attached hydrogens (tertiary/aromatic N) is 1. The third-order valence-electron chi connectivity index (χ3n) is 1.92. The summed E-state index contributed by atoms with van der Waals surface area (Å²) >= 11 is 0. The van der Waals surface area contributed by atoms with E-state index in [-0.39, 0.29) is 11.7 Å². The summed E-state index contributed by atoms with van der Waals surface area (Å²) in [4.78, 5) is 4.00. The summed E-state index contributed by atoms with van der Waals surface area (Å²) in [6.07, 6.45) is 0. The number of pyridine rings is 1. The van der Waals surface area contributed by atoms with E-state index in [1.165, 1.54) is 14.2 Å². The van der Waals surface area contributed by atoms with Crippen LogP contribution in [0.1, 0.15) is 11.1 Å². The third-order valence-corrected chi connectivity index (χ3v) is 1.92. The molecule has 3 N–H and O–H groups in total. The van der Waals surface area contributed by atoms with Crippen molar-refractivity contribution in [2.75, 3.05) is 14.2 Å². The maximum Gasteiger partial charge on any atom is 0.227 e. The second kappa shape index (κ2) is 4.61. The summed E-state index contributed by atoms with van der Waals surface area (Å²) in [7, 11) is 2.94. The van der Waals surface area contributed by atoms with E-state index in [1.54, 1.807) is 18.5 Å². The van der Waals surface area contributed by atoms with Gasteiger partial charge in [-0.3, -0.25) is 16.1 Å². The molecule has 1 heterocycles. The molecule has 15 heavy (non-hydrogen) atoms. The van der Waals surface area contributed by atoms with Gasteiger partial charge < -0.3 is 9.47 Å². The van der Waals surface area contributed by atoms with Crippen LogP contribution in [0.25, 0.3) is 0 Å². The number of amidine groups is 1. The van der Waals surface area contributed by atoms with Crippen molar-refractivity contribution in [1.29, 1.82) is 5.41 Å². The van der Waals surface area contributed by atoms with E-state index in [1.807, 2.05) is 0 Å². The van der Waals surface area contributed by atoms with E-state index in [2.05, 4.69) is 4.98 Å². The molecule has 0 saturated heterocycles. The first-order valence-electron chi connectivity index (χ1n) is 4.22. The SMILES string of the molecule is COc1cc(C)c(C(=N)NO)c(OC)n1. The fourth-order valence-corrected chi connectivity index (χ4v) is 1.23. The first-order chi connectivity index (χ1) is 7.13. The number of hydroxylamine groups is 1. The van der Waals surface area contributed by atoms with Crippen LogP contribution in [0.2, 0.25) is 0 Å². The van der Waals surface area contributed by atoms with Gasteiger partial charge in [-0.1, -0.05) is 0 Å². The lowest BCUT2D eigenvalue weighted by molar-refractivity contribution is 0.233. The van der Waals surface area contributed by atoms with Crippen LogP contribution in [-0.4, -0.2) is 30.2 Å². The van der Waals surface area contributed by atoms with Crippen LogP contribution >= 0.6 is 0 Å². The Balaban J connectivity index is 3.30. The second-order valence-corrected chi connectivity index (χ2v) is 2.85. The van der Waals surface area contributed by atoms with Crippen molar-refractivity contribution in [3.8, 4) is 11.8 Å². The zero-order chi connectivity index (χ0) is 11.4. The molecular formula is C9H13N3O3. The van der Waals surface area contributed by atoms with E-state index in [9.17, 15) is 0 Å². The summed E-state index contributed by atoms with van der Waals surface area (Å²) in [6.45, 7) is 1.77. The van der Waals surface area contributed by atoms with Crippen LogP contribution in [-0.2, 0) is 0 Å². The Morgan fingerprint density at radius 1 is 1.47 bits per heavy atom. The predicted molar refractivity (Wildman–Crippen MR) is 53.8 cm³/mol. The lowest BCUT2D eigenvalue weighted by Gasteiger charge is -2.12. The molecule has 0 fully saturated rings. The van der Waals surface area contributed by atoms with Crippen molar-refractivity contribution in [1.82, 2.24) is 10.5 Å². The molecule has 0 aliphatic rings. The molecule has 6 heteroatoms. The number of nitrogens with one attached hydrogen (secondary N) is 2. The summed E-state index contributed by atoms with van der Waals surface area (Å²) in [5.41, 5.74) is 2.89. The van der Waals surface area contributed by atoms with Gasteiger partial charge in [0.25, 0.3) is 0 Å². The number of aryl methyl sites for hydroxylation is 1. The van der Waals surface area contributed by atoms with Gasteiger partial charge in [0, 0.05) is 6.07 Å². The molecule has 0 spiro atoms. The van der Waals surface area contributed by atoms with Gasteiger partial charge in [-0.05, 0) is 12.5 Å². The fourth-order valence-electron chi connectivity index (χ4n) is 1.23. The molecule has 0 radical (unpaired) electrons. The van der Waals surface area contributed by atoms with Crippen molar-refractivity contribution in [2.24, 2.45) is 0 Å². The highest BCUT2D eigenvalue weighted by Crippen LogP contribution is 2.23. The molecule has 0 amide bonds. The van der Waals surface area contributed by atoms with E-state index < -0.39 is 0 Å².